The van der Waals surface area contributed by atoms with Crippen LogP contribution in [0, 0.1) is 10.1 Å². The lowest BCUT2D eigenvalue weighted by Gasteiger charge is -2.14. The Morgan fingerprint density at radius 3 is 2.42 bits per heavy atom. The van der Waals surface area contributed by atoms with Crippen LogP contribution in [0.2, 0.25) is 0 Å². The third-order valence-corrected chi connectivity index (χ3v) is 3.00. The fraction of sp³-hybridized carbons (Fsp3) is 0.438. The molecule has 0 spiro atoms. The highest BCUT2D eigenvalue weighted by Crippen LogP contribution is 2.28. The highest BCUT2D eigenvalue weighted by atomic mass is 16.6. The van der Waals surface area contributed by atoms with E-state index in [0.717, 1.165) is 6.07 Å². The van der Waals surface area contributed by atoms with Crippen molar-refractivity contribution >= 4 is 23.6 Å². The SMILES string of the molecule is CCOc1ccc(C(=O)OC(C)C(=O)NC(=O)NC(C)C)cc1[N+](=O)[O-]. The van der Waals surface area contributed by atoms with E-state index < -0.39 is 34.6 Å². The summed E-state index contributed by atoms with van der Waals surface area (Å²) in [5.41, 5.74) is -0.513. The van der Waals surface area contributed by atoms with E-state index >= 15 is 0 Å². The number of esters is 1. The predicted octanol–water partition coefficient (Wildman–Crippen LogP) is 1.77. The van der Waals surface area contributed by atoms with Gasteiger partial charge in [0.2, 0.25) is 0 Å². The van der Waals surface area contributed by atoms with E-state index in [1.54, 1.807) is 20.8 Å². The van der Waals surface area contributed by atoms with E-state index in [4.69, 9.17) is 9.47 Å². The standard InChI is InChI=1S/C16H21N3O7/c1-5-25-13-7-6-11(8-12(13)19(23)24)15(21)26-10(4)14(20)18-16(22)17-9(2)3/h6-10H,5H2,1-4H3,(H2,17,18,20,22). The van der Waals surface area contributed by atoms with E-state index in [0.29, 0.717) is 0 Å². The summed E-state index contributed by atoms with van der Waals surface area (Å²) in [5.74, 6) is -1.75. The summed E-state index contributed by atoms with van der Waals surface area (Å²) in [7, 11) is 0. The molecule has 0 aromatic heterocycles. The van der Waals surface area contributed by atoms with Gasteiger partial charge in [-0.25, -0.2) is 9.59 Å². The van der Waals surface area contributed by atoms with Gasteiger partial charge in [0.15, 0.2) is 11.9 Å². The number of carbonyl (C=O) groups is 3. The van der Waals surface area contributed by atoms with Crippen LogP contribution in [-0.2, 0) is 9.53 Å². The molecule has 0 saturated carbocycles. The quantitative estimate of drug-likeness (QED) is 0.425. The van der Waals surface area contributed by atoms with Crippen LogP contribution in [0.25, 0.3) is 0 Å². The number of rotatable bonds is 7. The molecule has 1 rings (SSSR count). The molecule has 3 amide bonds. The number of nitro benzene ring substituents is 1. The summed E-state index contributed by atoms with van der Waals surface area (Å²) in [6, 6.07) is 2.67. The number of nitrogens with one attached hydrogen (secondary N) is 2. The summed E-state index contributed by atoms with van der Waals surface area (Å²) in [5, 5.41) is 15.6. The Bertz CT molecular complexity index is 703. The molecule has 0 aliphatic carbocycles. The minimum Gasteiger partial charge on any atom is -0.487 e. The average molecular weight is 367 g/mol. The van der Waals surface area contributed by atoms with Crippen molar-refractivity contribution in [3.8, 4) is 5.75 Å². The Balaban J connectivity index is 2.80. The number of imide groups is 1. The molecule has 0 aliphatic rings. The summed E-state index contributed by atoms with van der Waals surface area (Å²) in [4.78, 5) is 45.8. The van der Waals surface area contributed by atoms with E-state index in [1.165, 1.54) is 19.1 Å². The van der Waals surface area contributed by atoms with Crippen LogP contribution < -0.4 is 15.4 Å². The Labute approximate surface area is 150 Å². The fourth-order valence-corrected chi connectivity index (χ4v) is 1.86. The molecule has 1 unspecified atom stereocenters. The molecule has 142 valence electrons. The van der Waals surface area contributed by atoms with Crippen LogP contribution in [0.3, 0.4) is 0 Å². The van der Waals surface area contributed by atoms with Crippen molar-refractivity contribution in [3.63, 3.8) is 0 Å². The zero-order valence-corrected chi connectivity index (χ0v) is 14.9. The van der Waals surface area contributed by atoms with Gasteiger partial charge in [-0.05, 0) is 39.8 Å². The lowest BCUT2D eigenvalue weighted by Crippen LogP contribution is -2.46. The van der Waals surface area contributed by atoms with Crippen LogP contribution >= 0.6 is 0 Å². The molecule has 0 heterocycles. The van der Waals surface area contributed by atoms with Gasteiger partial charge in [0, 0.05) is 12.1 Å². The van der Waals surface area contributed by atoms with Gasteiger partial charge in [0.05, 0.1) is 17.1 Å². The van der Waals surface area contributed by atoms with E-state index in [9.17, 15) is 24.5 Å². The summed E-state index contributed by atoms with van der Waals surface area (Å²) >= 11 is 0. The first-order chi connectivity index (χ1) is 12.1. The molecule has 1 aromatic rings. The maximum Gasteiger partial charge on any atom is 0.339 e. The number of ether oxygens (including phenoxy) is 2. The zero-order valence-electron chi connectivity index (χ0n) is 14.9. The molecule has 10 heteroatoms. The van der Waals surface area contributed by atoms with Gasteiger partial charge >= 0.3 is 17.7 Å². The number of hydrogen-bond donors (Lipinski definition) is 2. The van der Waals surface area contributed by atoms with E-state index in [2.05, 4.69) is 5.32 Å². The number of nitrogens with zero attached hydrogens (tertiary/aromatic N) is 1. The van der Waals surface area contributed by atoms with Crippen molar-refractivity contribution in [2.75, 3.05) is 6.61 Å². The van der Waals surface area contributed by atoms with Crippen molar-refractivity contribution < 1.29 is 28.8 Å². The van der Waals surface area contributed by atoms with Crippen LogP contribution in [0.1, 0.15) is 38.1 Å². The topological polar surface area (TPSA) is 137 Å². The van der Waals surface area contributed by atoms with Crippen LogP contribution in [-0.4, -0.2) is 41.6 Å². The van der Waals surface area contributed by atoms with Crippen LogP contribution in [0.4, 0.5) is 10.5 Å². The Morgan fingerprint density at radius 2 is 1.88 bits per heavy atom. The van der Waals surface area contributed by atoms with Crippen molar-refractivity contribution in [3.05, 3.63) is 33.9 Å². The number of nitro groups is 1. The number of carbonyl (C=O) groups excluding carboxylic acids is 3. The third kappa shape index (κ3) is 6.04. The second kappa shape index (κ2) is 9.35. The summed E-state index contributed by atoms with van der Waals surface area (Å²) < 4.78 is 10.1. The predicted molar refractivity (Wildman–Crippen MR) is 91.0 cm³/mol. The van der Waals surface area contributed by atoms with E-state index in [-0.39, 0.29) is 24.0 Å². The molecular formula is C16H21N3O7. The molecule has 1 atom stereocenters. The van der Waals surface area contributed by atoms with Crippen LogP contribution in [0.5, 0.6) is 5.75 Å². The second-order valence-electron chi connectivity index (χ2n) is 5.54. The first kappa shape index (κ1) is 20.9. The molecule has 0 bridgehead atoms. The smallest absolute Gasteiger partial charge is 0.339 e. The van der Waals surface area contributed by atoms with Crippen molar-refractivity contribution in [2.24, 2.45) is 0 Å². The average Bonchev–Trinajstić information content (AvgIpc) is 2.54. The maximum atomic E-state index is 12.1. The minimum absolute atomic E-state index is 0.0187. The number of hydrogen-bond acceptors (Lipinski definition) is 7. The summed E-state index contributed by atoms with van der Waals surface area (Å²) in [6.07, 6.45) is -1.27. The zero-order chi connectivity index (χ0) is 19.9. The normalized spacial score (nSPS) is 11.4. The van der Waals surface area contributed by atoms with Crippen molar-refractivity contribution in [2.45, 2.75) is 39.8 Å². The third-order valence-electron chi connectivity index (χ3n) is 3.00. The van der Waals surface area contributed by atoms with E-state index in [1.807, 2.05) is 5.32 Å². The molecule has 0 aliphatic heterocycles. The molecule has 0 saturated heterocycles. The van der Waals surface area contributed by atoms with Gasteiger partial charge in [-0.2, -0.15) is 0 Å². The van der Waals surface area contributed by atoms with Gasteiger partial charge in [-0.1, -0.05) is 0 Å². The highest BCUT2D eigenvalue weighted by molar-refractivity contribution is 5.98. The van der Waals surface area contributed by atoms with Gasteiger partial charge < -0.3 is 14.8 Å². The largest absolute Gasteiger partial charge is 0.487 e. The van der Waals surface area contributed by atoms with Crippen LogP contribution in [0.15, 0.2) is 18.2 Å². The maximum absolute atomic E-state index is 12.1. The number of urea groups is 1. The highest BCUT2D eigenvalue weighted by Gasteiger charge is 2.24. The van der Waals surface area contributed by atoms with Gasteiger partial charge in [0.1, 0.15) is 0 Å². The lowest BCUT2D eigenvalue weighted by molar-refractivity contribution is -0.385. The first-order valence-corrected chi connectivity index (χ1v) is 7.89. The number of benzene rings is 1. The molecule has 10 nitrogen and oxygen atoms in total. The first-order valence-electron chi connectivity index (χ1n) is 7.89. The Kier molecular flexibility index (Phi) is 7.51. The number of amides is 3. The molecule has 0 fully saturated rings. The minimum atomic E-state index is -1.27. The Morgan fingerprint density at radius 1 is 1.23 bits per heavy atom. The molecule has 26 heavy (non-hydrogen) atoms. The fourth-order valence-electron chi connectivity index (χ4n) is 1.86. The molecule has 2 N–H and O–H groups in total. The lowest BCUT2D eigenvalue weighted by atomic mass is 10.2. The van der Waals surface area contributed by atoms with Gasteiger partial charge in [-0.15, -0.1) is 0 Å². The van der Waals surface area contributed by atoms with Gasteiger partial charge in [-0.3, -0.25) is 20.2 Å². The summed E-state index contributed by atoms with van der Waals surface area (Å²) in [6.45, 7) is 6.60. The van der Waals surface area contributed by atoms with Gasteiger partial charge in [0.25, 0.3) is 5.91 Å². The second-order valence-corrected chi connectivity index (χ2v) is 5.54. The monoisotopic (exact) mass is 367 g/mol. The van der Waals surface area contributed by atoms with Crippen molar-refractivity contribution in [1.29, 1.82) is 0 Å². The van der Waals surface area contributed by atoms with Crippen molar-refractivity contribution in [1.82, 2.24) is 10.6 Å². The molecular weight excluding hydrogens is 346 g/mol. The molecule has 1 aromatic carbocycles. The Hall–Kier alpha value is -3.17. The molecule has 0 radical (unpaired) electrons.